The monoisotopic (exact) mass is 356 g/mol. The van der Waals surface area contributed by atoms with Gasteiger partial charge in [0.15, 0.2) is 0 Å². The van der Waals surface area contributed by atoms with Crippen LogP contribution >= 0.6 is 0 Å². The fraction of sp³-hybridized carbons (Fsp3) is 0.280. The predicted octanol–water partition coefficient (Wildman–Crippen LogP) is 6.79. The number of nitrogens with one attached hydrogen (secondary N) is 2. The standard InChI is InChI=1S/C25H28N2/c1-17(2)16-26-22-12-11-19-13-20-8-6-10-25(23(20)15-21(19)14-22)27-24-9-5-4-7-18(24)3/h4-9,11-15,17,25-27H,10,16H2,1-3H3. The molecular formula is C25H28N2. The van der Waals surface area contributed by atoms with E-state index in [0.717, 1.165) is 13.0 Å². The fourth-order valence-corrected chi connectivity index (χ4v) is 3.73. The minimum atomic E-state index is 0.308. The molecule has 0 radical (unpaired) electrons. The largest absolute Gasteiger partial charge is 0.385 e. The van der Waals surface area contributed by atoms with Crippen molar-refractivity contribution in [1.29, 1.82) is 0 Å². The van der Waals surface area contributed by atoms with Crippen LogP contribution in [0.3, 0.4) is 0 Å². The summed E-state index contributed by atoms with van der Waals surface area (Å²) in [5, 5.41) is 9.90. The first-order valence-corrected chi connectivity index (χ1v) is 9.90. The SMILES string of the molecule is Cc1ccccc1NC1CC=Cc2cc3ccc(NCC(C)C)cc3cc21. The number of hydrogen-bond donors (Lipinski definition) is 2. The highest BCUT2D eigenvalue weighted by Crippen LogP contribution is 2.35. The molecule has 3 aromatic carbocycles. The van der Waals surface area contributed by atoms with Gasteiger partial charge in [-0.05, 0) is 77.1 Å². The van der Waals surface area contributed by atoms with Gasteiger partial charge in [0.1, 0.15) is 0 Å². The summed E-state index contributed by atoms with van der Waals surface area (Å²) in [6.07, 6.45) is 5.55. The molecule has 0 saturated carbocycles. The van der Waals surface area contributed by atoms with Gasteiger partial charge in [-0.1, -0.05) is 50.3 Å². The molecule has 0 bridgehead atoms. The van der Waals surface area contributed by atoms with Crippen molar-refractivity contribution in [1.82, 2.24) is 0 Å². The molecule has 3 aromatic rings. The lowest BCUT2D eigenvalue weighted by Crippen LogP contribution is -2.14. The van der Waals surface area contributed by atoms with Gasteiger partial charge in [-0.25, -0.2) is 0 Å². The van der Waals surface area contributed by atoms with Crippen molar-refractivity contribution in [2.75, 3.05) is 17.2 Å². The van der Waals surface area contributed by atoms with E-state index < -0.39 is 0 Å². The van der Waals surface area contributed by atoms with Crippen LogP contribution in [0.5, 0.6) is 0 Å². The third-order valence-corrected chi connectivity index (χ3v) is 5.28. The molecule has 2 heteroatoms. The number of hydrogen-bond acceptors (Lipinski definition) is 2. The van der Waals surface area contributed by atoms with Crippen LogP contribution in [-0.4, -0.2) is 6.54 Å². The second-order valence-corrected chi connectivity index (χ2v) is 7.97. The molecule has 0 amide bonds. The summed E-state index contributed by atoms with van der Waals surface area (Å²) < 4.78 is 0. The maximum atomic E-state index is 3.76. The van der Waals surface area contributed by atoms with E-state index >= 15 is 0 Å². The van der Waals surface area contributed by atoms with Gasteiger partial charge in [0.05, 0.1) is 6.04 Å². The zero-order valence-electron chi connectivity index (χ0n) is 16.4. The molecule has 0 heterocycles. The van der Waals surface area contributed by atoms with Gasteiger partial charge in [0.2, 0.25) is 0 Å². The molecule has 0 aromatic heterocycles. The predicted molar refractivity (Wildman–Crippen MR) is 118 cm³/mol. The van der Waals surface area contributed by atoms with Gasteiger partial charge in [-0.2, -0.15) is 0 Å². The topological polar surface area (TPSA) is 24.1 Å². The second kappa shape index (κ2) is 7.48. The molecule has 1 aliphatic rings. The first-order valence-electron chi connectivity index (χ1n) is 9.90. The Balaban J connectivity index is 1.68. The van der Waals surface area contributed by atoms with Crippen LogP contribution in [0.2, 0.25) is 0 Å². The van der Waals surface area contributed by atoms with Gasteiger partial charge in [-0.15, -0.1) is 0 Å². The third kappa shape index (κ3) is 3.85. The molecule has 1 atom stereocenters. The smallest absolute Gasteiger partial charge is 0.0554 e. The highest BCUT2D eigenvalue weighted by Gasteiger charge is 2.18. The summed E-state index contributed by atoms with van der Waals surface area (Å²) in [7, 11) is 0. The van der Waals surface area contributed by atoms with Crippen molar-refractivity contribution in [3.63, 3.8) is 0 Å². The van der Waals surface area contributed by atoms with E-state index in [1.165, 1.54) is 38.8 Å². The Morgan fingerprint density at radius 1 is 1.00 bits per heavy atom. The van der Waals surface area contributed by atoms with E-state index in [9.17, 15) is 0 Å². The quantitative estimate of drug-likeness (QED) is 0.526. The van der Waals surface area contributed by atoms with E-state index in [4.69, 9.17) is 0 Å². The average molecular weight is 357 g/mol. The Hall–Kier alpha value is -2.74. The molecule has 2 N–H and O–H groups in total. The number of para-hydroxylation sites is 1. The van der Waals surface area contributed by atoms with E-state index in [2.05, 4.69) is 98.2 Å². The van der Waals surface area contributed by atoms with E-state index in [-0.39, 0.29) is 0 Å². The maximum Gasteiger partial charge on any atom is 0.0554 e. The van der Waals surface area contributed by atoms with Crippen LogP contribution in [0.1, 0.15) is 43.0 Å². The van der Waals surface area contributed by atoms with Gasteiger partial charge in [0, 0.05) is 17.9 Å². The van der Waals surface area contributed by atoms with E-state index in [1.54, 1.807) is 0 Å². The van der Waals surface area contributed by atoms with E-state index in [0.29, 0.717) is 12.0 Å². The van der Waals surface area contributed by atoms with Crippen LogP contribution in [0.4, 0.5) is 11.4 Å². The van der Waals surface area contributed by atoms with Crippen molar-refractivity contribution in [2.24, 2.45) is 5.92 Å². The summed E-state index contributed by atoms with van der Waals surface area (Å²) >= 11 is 0. The molecule has 0 spiro atoms. The Morgan fingerprint density at radius 2 is 1.85 bits per heavy atom. The Kier molecular flexibility index (Phi) is 4.89. The van der Waals surface area contributed by atoms with Gasteiger partial charge in [-0.3, -0.25) is 0 Å². The van der Waals surface area contributed by atoms with Crippen LogP contribution in [0.15, 0.2) is 60.7 Å². The Bertz CT molecular complexity index is 985. The molecule has 27 heavy (non-hydrogen) atoms. The Labute approximate surface area is 162 Å². The molecular weight excluding hydrogens is 328 g/mol. The van der Waals surface area contributed by atoms with Gasteiger partial charge in [0.25, 0.3) is 0 Å². The van der Waals surface area contributed by atoms with Crippen LogP contribution < -0.4 is 10.6 Å². The lowest BCUT2D eigenvalue weighted by atomic mass is 9.89. The van der Waals surface area contributed by atoms with Gasteiger partial charge >= 0.3 is 0 Å². The summed E-state index contributed by atoms with van der Waals surface area (Å²) in [5.41, 5.74) is 6.41. The zero-order chi connectivity index (χ0) is 18.8. The molecule has 138 valence electrons. The van der Waals surface area contributed by atoms with E-state index in [1.807, 2.05) is 0 Å². The second-order valence-electron chi connectivity index (χ2n) is 7.97. The molecule has 2 nitrogen and oxygen atoms in total. The third-order valence-electron chi connectivity index (χ3n) is 5.28. The van der Waals surface area contributed by atoms with Crippen LogP contribution in [-0.2, 0) is 0 Å². The van der Waals surface area contributed by atoms with Crippen molar-refractivity contribution >= 4 is 28.2 Å². The number of fused-ring (bicyclic) bond motifs is 2. The highest BCUT2D eigenvalue weighted by molar-refractivity contribution is 5.89. The van der Waals surface area contributed by atoms with Crippen molar-refractivity contribution in [2.45, 2.75) is 33.2 Å². The van der Waals surface area contributed by atoms with Crippen LogP contribution in [0.25, 0.3) is 16.8 Å². The Morgan fingerprint density at radius 3 is 2.67 bits per heavy atom. The maximum absolute atomic E-state index is 3.76. The lowest BCUT2D eigenvalue weighted by molar-refractivity contribution is 0.689. The number of aryl methyl sites for hydroxylation is 1. The first-order chi connectivity index (χ1) is 13.1. The van der Waals surface area contributed by atoms with Crippen molar-refractivity contribution < 1.29 is 0 Å². The number of benzene rings is 3. The lowest BCUT2D eigenvalue weighted by Gasteiger charge is -2.25. The minimum absolute atomic E-state index is 0.308. The summed E-state index contributed by atoms with van der Waals surface area (Å²) in [6, 6.07) is 20.2. The zero-order valence-corrected chi connectivity index (χ0v) is 16.4. The van der Waals surface area contributed by atoms with Gasteiger partial charge < -0.3 is 10.6 Å². The van der Waals surface area contributed by atoms with Crippen molar-refractivity contribution in [3.05, 3.63) is 77.4 Å². The summed E-state index contributed by atoms with van der Waals surface area (Å²) in [4.78, 5) is 0. The average Bonchev–Trinajstić information content (AvgIpc) is 2.67. The van der Waals surface area contributed by atoms with Crippen molar-refractivity contribution in [3.8, 4) is 0 Å². The fourth-order valence-electron chi connectivity index (χ4n) is 3.73. The number of rotatable bonds is 5. The first kappa shape index (κ1) is 17.7. The molecule has 4 rings (SSSR count). The summed E-state index contributed by atoms with van der Waals surface area (Å²) in [5.74, 6) is 0.636. The summed E-state index contributed by atoms with van der Waals surface area (Å²) in [6.45, 7) is 7.63. The molecule has 0 saturated heterocycles. The molecule has 1 unspecified atom stereocenters. The highest BCUT2D eigenvalue weighted by atomic mass is 14.9. The normalized spacial score (nSPS) is 15.8. The molecule has 0 fully saturated rings. The number of anilines is 2. The minimum Gasteiger partial charge on any atom is -0.385 e. The molecule has 0 aliphatic heterocycles. The molecule has 1 aliphatic carbocycles. The van der Waals surface area contributed by atoms with Crippen LogP contribution in [0, 0.1) is 12.8 Å².